The highest BCUT2D eigenvalue weighted by atomic mass is 16.4. The van der Waals surface area contributed by atoms with Crippen molar-refractivity contribution >= 4 is 59.2 Å². The number of aromatic hydroxyl groups is 1. The van der Waals surface area contributed by atoms with Gasteiger partial charge in [-0.25, -0.2) is 9.78 Å². The number of amides is 8. The quantitative estimate of drug-likeness (QED) is 0.0441. The molecule has 1 aromatic heterocycles. The maximum Gasteiger partial charge on any atom is 0.326 e. The first kappa shape index (κ1) is 52.2. The summed E-state index contributed by atoms with van der Waals surface area (Å²) in [5.74, 6) is -10.7. The van der Waals surface area contributed by atoms with Gasteiger partial charge in [0.05, 0.1) is 37.5 Å². The van der Waals surface area contributed by atoms with Gasteiger partial charge in [-0.2, -0.15) is 0 Å². The summed E-state index contributed by atoms with van der Waals surface area (Å²) in [6.07, 6.45) is -2.19. The minimum absolute atomic E-state index is 0.0411. The fraction of sp³-hybridized carbons (Fsp3) is 0.513. The molecule has 356 valence electrons. The third-order valence-corrected chi connectivity index (χ3v) is 10.1. The molecule has 0 bridgehead atoms. The second-order valence-electron chi connectivity index (χ2n) is 15.3. The van der Waals surface area contributed by atoms with Gasteiger partial charge in [-0.3, -0.25) is 43.2 Å². The summed E-state index contributed by atoms with van der Waals surface area (Å²) < 4.78 is 0. The topological polar surface area (TPSA) is 428 Å². The van der Waals surface area contributed by atoms with Crippen molar-refractivity contribution in [2.24, 2.45) is 11.5 Å². The molecule has 16 N–H and O–H groups in total. The van der Waals surface area contributed by atoms with Gasteiger partial charge in [0.25, 0.3) is 0 Å². The van der Waals surface area contributed by atoms with Crippen molar-refractivity contribution < 1.29 is 73.5 Å². The van der Waals surface area contributed by atoms with Gasteiger partial charge < -0.3 is 78.8 Å². The van der Waals surface area contributed by atoms with Gasteiger partial charge >= 0.3 is 11.9 Å². The van der Waals surface area contributed by atoms with Crippen molar-refractivity contribution in [1.29, 1.82) is 0 Å². The third-order valence-electron chi connectivity index (χ3n) is 10.1. The van der Waals surface area contributed by atoms with Crippen LogP contribution in [0.4, 0.5) is 0 Å². The minimum Gasteiger partial charge on any atom is -0.508 e. The molecule has 0 radical (unpaired) electrons. The number of primary amides is 1. The van der Waals surface area contributed by atoms with Crippen molar-refractivity contribution in [2.75, 3.05) is 13.1 Å². The average molecular weight is 918 g/mol. The number of H-pyrrole nitrogens is 1. The SMILES string of the molecule is C[C@@H](O)[C@H](NC(=O)[C@H](CCC(N)=O)NC(=O)[C@@H](N)CC(=O)O)C(=O)N[C@@H](Cc1ccc(O)cc1)C(=O)NCC(=O)N1CCC[C@H]1C(=O)N[C@H](C(=O)N[C@@H](Cc1cnc[nH]1)C(=O)O)[C@@H](C)O. The van der Waals surface area contributed by atoms with Crippen LogP contribution in [0.2, 0.25) is 0 Å². The van der Waals surface area contributed by atoms with Crippen LogP contribution in [-0.2, 0) is 60.8 Å². The van der Waals surface area contributed by atoms with Crippen LogP contribution < -0.4 is 43.4 Å². The Morgan fingerprint density at radius 3 is 1.95 bits per heavy atom. The molecular weight excluding hydrogens is 862 g/mol. The van der Waals surface area contributed by atoms with E-state index in [9.17, 15) is 68.4 Å². The van der Waals surface area contributed by atoms with E-state index in [1.165, 1.54) is 43.7 Å². The number of aromatic nitrogens is 2. The molecule has 0 saturated carbocycles. The highest BCUT2D eigenvalue weighted by Crippen LogP contribution is 2.18. The zero-order valence-corrected chi connectivity index (χ0v) is 35.4. The number of aliphatic hydroxyl groups excluding tert-OH is 2. The highest BCUT2D eigenvalue weighted by Gasteiger charge is 2.39. The van der Waals surface area contributed by atoms with Gasteiger partial charge in [-0.15, -0.1) is 0 Å². The first-order valence-electron chi connectivity index (χ1n) is 20.3. The van der Waals surface area contributed by atoms with E-state index in [1.54, 1.807) is 0 Å². The number of imidazole rings is 1. The number of rotatable bonds is 25. The molecule has 65 heavy (non-hydrogen) atoms. The summed E-state index contributed by atoms with van der Waals surface area (Å²) in [6.45, 7) is 1.63. The van der Waals surface area contributed by atoms with Gasteiger partial charge in [0.2, 0.25) is 47.3 Å². The summed E-state index contributed by atoms with van der Waals surface area (Å²) in [5.41, 5.74) is 11.6. The van der Waals surface area contributed by atoms with E-state index in [2.05, 4.69) is 41.9 Å². The lowest BCUT2D eigenvalue weighted by Gasteiger charge is -2.28. The lowest BCUT2D eigenvalue weighted by Crippen LogP contribution is -2.61. The summed E-state index contributed by atoms with van der Waals surface area (Å²) in [5, 5.41) is 63.3. The summed E-state index contributed by atoms with van der Waals surface area (Å²) >= 11 is 0. The number of carbonyl (C=O) groups is 10. The van der Waals surface area contributed by atoms with E-state index in [0.717, 1.165) is 11.8 Å². The van der Waals surface area contributed by atoms with E-state index in [0.29, 0.717) is 17.7 Å². The Balaban J connectivity index is 1.74. The first-order chi connectivity index (χ1) is 30.6. The maximum absolute atomic E-state index is 13.7. The van der Waals surface area contributed by atoms with E-state index < -0.39 is 140 Å². The molecule has 0 spiro atoms. The monoisotopic (exact) mass is 917 g/mol. The van der Waals surface area contributed by atoms with Crippen molar-refractivity contribution in [1.82, 2.24) is 46.8 Å². The van der Waals surface area contributed by atoms with Crippen LogP contribution in [-0.4, -0.2) is 167 Å². The zero-order chi connectivity index (χ0) is 48.5. The van der Waals surface area contributed by atoms with E-state index >= 15 is 0 Å². The van der Waals surface area contributed by atoms with Crippen molar-refractivity contribution in [3.05, 3.63) is 48.0 Å². The van der Waals surface area contributed by atoms with Gasteiger partial charge in [-0.05, 0) is 50.8 Å². The Hall–Kier alpha value is -7.19. The van der Waals surface area contributed by atoms with Crippen LogP contribution in [0.3, 0.4) is 0 Å². The maximum atomic E-state index is 13.7. The number of carboxylic acid groups (broad SMARTS) is 2. The molecule has 0 unspecified atom stereocenters. The van der Waals surface area contributed by atoms with Crippen molar-refractivity contribution in [2.45, 2.75) is 113 Å². The lowest BCUT2D eigenvalue weighted by atomic mass is 10.0. The van der Waals surface area contributed by atoms with Crippen LogP contribution in [0.5, 0.6) is 5.75 Å². The molecule has 1 fully saturated rings. The standard InChI is InChI=1S/C39H55N11O15/c1-18(51)31(48-35(60)24(9-10-28(41)54)45-33(58)23(40)14-30(56)57)37(62)46-25(12-20-5-7-22(53)8-6-20)34(59)43-16-29(55)50-11-3-4-27(50)36(61)49-32(19(2)52)38(63)47-26(39(64)65)13-21-15-42-17-44-21/h5-8,15,17-19,23-27,31-32,51-53H,3-4,9-14,16,40H2,1-2H3,(H2,41,54)(H,42,44)(H,43,59)(H,45,58)(H,46,62)(H,47,63)(H,48,60)(H,49,61)(H,56,57)(H,64,65)/t18-,19-,23+,24+,25+,26+,27+,31+,32+/m1/s1. The van der Waals surface area contributed by atoms with E-state index in [4.69, 9.17) is 16.6 Å². The molecule has 9 atom stereocenters. The first-order valence-corrected chi connectivity index (χ1v) is 20.3. The largest absolute Gasteiger partial charge is 0.508 e. The van der Waals surface area contributed by atoms with Crippen LogP contribution in [0.1, 0.15) is 57.2 Å². The molecule has 2 aromatic rings. The Labute approximate surface area is 370 Å². The number of aliphatic hydroxyl groups is 2. The number of carboxylic acids is 2. The predicted octanol–water partition coefficient (Wildman–Crippen LogP) is -5.65. The second-order valence-corrected chi connectivity index (χ2v) is 15.3. The number of aromatic amines is 1. The number of likely N-dealkylation sites (tertiary alicyclic amines) is 1. The number of nitrogens with two attached hydrogens (primary N) is 2. The van der Waals surface area contributed by atoms with Gasteiger partial charge in [0.15, 0.2) is 0 Å². The molecule has 1 aliphatic heterocycles. The van der Waals surface area contributed by atoms with E-state index in [-0.39, 0.29) is 31.6 Å². The summed E-state index contributed by atoms with van der Waals surface area (Å²) in [7, 11) is 0. The van der Waals surface area contributed by atoms with Crippen molar-refractivity contribution in [3.8, 4) is 5.75 Å². The molecule has 1 aromatic carbocycles. The number of benzene rings is 1. The number of phenols is 1. The van der Waals surface area contributed by atoms with Crippen LogP contribution in [0.25, 0.3) is 0 Å². The second kappa shape index (κ2) is 24.6. The molecular formula is C39H55N11O15. The Morgan fingerprint density at radius 1 is 0.800 bits per heavy atom. The summed E-state index contributed by atoms with van der Waals surface area (Å²) in [6, 6.07) is -5.36. The fourth-order valence-electron chi connectivity index (χ4n) is 6.57. The molecule has 1 aliphatic rings. The summed E-state index contributed by atoms with van der Waals surface area (Å²) in [4.78, 5) is 135. The number of hydrogen-bond acceptors (Lipinski definition) is 15. The smallest absolute Gasteiger partial charge is 0.326 e. The molecule has 3 rings (SSSR count). The Kier molecular flexibility index (Phi) is 19.7. The predicted molar refractivity (Wildman–Crippen MR) is 221 cm³/mol. The minimum atomic E-state index is -1.82. The fourth-order valence-corrected chi connectivity index (χ4v) is 6.57. The normalized spacial score (nSPS) is 17.1. The molecule has 26 heteroatoms. The average Bonchev–Trinajstić information content (AvgIpc) is 3.95. The van der Waals surface area contributed by atoms with Crippen LogP contribution in [0, 0.1) is 0 Å². The van der Waals surface area contributed by atoms with Gasteiger partial charge in [0.1, 0.15) is 42.0 Å². The van der Waals surface area contributed by atoms with Crippen molar-refractivity contribution in [3.63, 3.8) is 0 Å². The number of nitrogens with zero attached hydrogens (tertiary/aromatic N) is 2. The Morgan fingerprint density at radius 2 is 1.40 bits per heavy atom. The number of aliphatic carboxylic acids is 2. The lowest BCUT2D eigenvalue weighted by molar-refractivity contribution is -0.143. The zero-order valence-electron chi connectivity index (χ0n) is 35.4. The van der Waals surface area contributed by atoms with Crippen LogP contribution >= 0.6 is 0 Å². The molecule has 1 saturated heterocycles. The number of hydrogen-bond donors (Lipinski definition) is 14. The molecule has 0 aliphatic carbocycles. The number of phenolic OH excluding ortho intramolecular Hbond substituents is 1. The Bertz CT molecular complexity index is 2030. The van der Waals surface area contributed by atoms with Gasteiger partial charge in [0, 0.05) is 37.7 Å². The molecule has 26 nitrogen and oxygen atoms in total. The molecule has 2 heterocycles. The van der Waals surface area contributed by atoms with Gasteiger partial charge in [-0.1, -0.05) is 12.1 Å². The molecule has 8 amide bonds. The van der Waals surface area contributed by atoms with Crippen LogP contribution in [0.15, 0.2) is 36.8 Å². The van der Waals surface area contributed by atoms with E-state index in [1.807, 2.05) is 0 Å². The number of nitrogens with one attached hydrogen (secondary N) is 7. The third kappa shape index (κ3) is 16.5. The highest BCUT2D eigenvalue weighted by molar-refractivity contribution is 5.97. The number of carbonyl (C=O) groups excluding carboxylic acids is 8.